The first kappa shape index (κ1) is 12.2. The molecule has 0 saturated heterocycles. The van der Waals surface area contributed by atoms with Crippen LogP contribution in [0.1, 0.15) is 22.8 Å². The van der Waals surface area contributed by atoms with Gasteiger partial charge in [-0.25, -0.2) is 9.48 Å². The molecule has 0 bridgehead atoms. The van der Waals surface area contributed by atoms with E-state index in [1.165, 1.54) is 0 Å². The average Bonchev–Trinajstić information content (AvgIpc) is 2.86. The van der Waals surface area contributed by atoms with Gasteiger partial charge in [-0.05, 0) is 37.6 Å². The van der Waals surface area contributed by atoms with Gasteiger partial charge in [-0.2, -0.15) is 5.10 Å². The third-order valence-corrected chi connectivity index (χ3v) is 2.64. The lowest BCUT2D eigenvalue weighted by Crippen LogP contribution is -2.10. The van der Waals surface area contributed by atoms with Gasteiger partial charge in [-0.1, -0.05) is 0 Å². The van der Waals surface area contributed by atoms with Gasteiger partial charge in [0.25, 0.3) is 0 Å². The molecule has 2 aromatic rings. The molecule has 5 nitrogen and oxygen atoms in total. The lowest BCUT2D eigenvalue weighted by atomic mass is 10.1. The maximum Gasteiger partial charge on any atom is 0.340 e. The highest BCUT2D eigenvalue weighted by Gasteiger charge is 2.14. The summed E-state index contributed by atoms with van der Waals surface area (Å²) in [6.45, 7) is 3.94. The summed E-state index contributed by atoms with van der Waals surface area (Å²) < 4.78 is 6.66. The van der Waals surface area contributed by atoms with E-state index in [-0.39, 0.29) is 0 Å². The van der Waals surface area contributed by atoms with Crippen molar-refractivity contribution in [2.45, 2.75) is 13.8 Å². The molecule has 0 radical (unpaired) electrons. The van der Waals surface area contributed by atoms with Crippen LogP contribution in [-0.2, 0) is 4.74 Å². The maximum atomic E-state index is 11.8. The van der Waals surface area contributed by atoms with E-state index in [9.17, 15) is 4.79 Å². The van der Waals surface area contributed by atoms with E-state index >= 15 is 0 Å². The van der Waals surface area contributed by atoms with Gasteiger partial charge < -0.3 is 10.5 Å². The van der Waals surface area contributed by atoms with Crippen molar-refractivity contribution in [1.29, 1.82) is 0 Å². The number of carbonyl (C=O) groups is 1. The summed E-state index contributed by atoms with van der Waals surface area (Å²) in [6.07, 6.45) is 3.48. The normalized spacial score (nSPS) is 10.3. The van der Waals surface area contributed by atoms with E-state index in [1.54, 1.807) is 30.1 Å². The van der Waals surface area contributed by atoms with Crippen LogP contribution in [0.15, 0.2) is 30.6 Å². The van der Waals surface area contributed by atoms with E-state index in [0.717, 1.165) is 11.3 Å². The lowest BCUT2D eigenvalue weighted by molar-refractivity contribution is 0.0527. The van der Waals surface area contributed by atoms with Crippen molar-refractivity contribution < 1.29 is 9.53 Å². The summed E-state index contributed by atoms with van der Waals surface area (Å²) >= 11 is 0. The number of esters is 1. The Morgan fingerprint density at radius 3 is 2.89 bits per heavy atom. The van der Waals surface area contributed by atoms with Gasteiger partial charge in [0.2, 0.25) is 0 Å². The molecule has 0 amide bonds. The minimum atomic E-state index is -0.410. The first-order valence-electron chi connectivity index (χ1n) is 5.70. The number of benzene rings is 1. The molecule has 0 saturated carbocycles. The highest BCUT2D eigenvalue weighted by Crippen LogP contribution is 2.22. The van der Waals surface area contributed by atoms with Crippen LogP contribution in [0.25, 0.3) is 5.69 Å². The fourth-order valence-electron chi connectivity index (χ4n) is 1.71. The van der Waals surface area contributed by atoms with Crippen LogP contribution in [0.2, 0.25) is 0 Å². The second-order valence-electron chi connectivity index (χ2n) is 3.90. The topological polar surface area (TPSA) is 70.1 Å². The Kier molecular flexibility index (Phi) is 3.32. The number of nitrogen functional groups attached to an aromatic ring is 1. The number of aromatic nitrogens is 2. The molecule has 0 atom stereocenters. The number of nitrogens with two attached hydrogens (primary N) is 1. The molecule has 5 heteroatoms. The van der Waals surface area contributed by atoms with Gasteiger partial charge in [0.15, 0.2) is 0 Å². The first-order valence-corrected chi connectivity index (χ1v) is 5.70. The van der Waals surface area contributed by atoms with Crippen LogP contribution in [0.5, 0.6) is 0 Å². The minimum absolute atomic E-state index is 0.323. The molecule has 0 fully saturated rings. The number of carbonyl (C=O) groups excluding carboxylic acids is 1. The number of hydrogen-bond donors (Lipinski definition) is 1. The van der Waals surface area contributed by atoms with Crippen LogP contribution in [0.3, 0.4) is 0 Å². The highest BCUT2D eigenvalue weighted by molar-refractivity contribution is 5.96. The number of hydrogen-bond acceptors (Lipinski definition) is 4. The summed E-state index contributed by atoms with van der Waals surface area (Å²) in [7, 11) is 0. The zero-order chi connectivity index (χ0) is 13.1. The predicted molar refractivity (Wildman–Crippen MR) is 68.7 cm³/mol. The van der Waals surface area contributed by atoms with Crippen molar-refractivity contribution in [3.05, 3.63) is 41.7 Å². The fraction of sp³-hybridized carbons (Fsp3) is 0.231. The Bertz CT molecular complexity index is 562. The van der Waals surface area contributed by atoms with Gasteiger partial charge in [0, 0.05) is 18.1 Å². The fourth-order valence-corrected chi connectivity index (χ4v) is 1.71. The molecule has 0 unspecified atom stereocenters. The van der Waals surface area contributed by atoms with E-state index in [1.807, 2.05) is 19.1 Å². The van der Waals surface area contributed by atoms with Crippen molar-refractivity contribution in [2.75, 3.05) is 12.3 Å². The molecular weight excluding hydrogens is 230 g/mol. The number of anilines is 1. The Hall–Kier alpha value is -2.30. The third kappa shape index (κ3) is 2.20. The summed E-state index contributed by atoms with van der Waals surface area (Å²) in [4.78, 5) is 11.8. The standard InChI is InChI=1S/C13H15N3O2/c1-3-18-13(17)11-8-10(7-9(2)12(11)14)16-6-4-5-15-16/h4-8H,3,14H2,1-2H3. The summed E-state index contributed by atoms with van der Waals surface area (Å²) in [6, 6.07) is 5.38. The van der Waals surface area contributed by atoms with Gasteiger partial charge in [0.1, 0.15) is 0 Å². The van der Waals surface area contributed by atoms with Crippen LogP contribution in [0.4, 0.5) is 5.69 Å². The van der Waals surface area contributed by atoms with E-state index in [0.29, 0.717) is 17.9 Å². The Labute approximate surface area is 105 Å². The van der Waals surface area contributed by atoms with Crippen LogP contribution in [0, 0.1) is 6.92 Å². The molecule has 0 aliphatic rings. The van der Waals surface area contributed by atoms with Crippen molar-refractivity contribution >= 4 is 11.7 Å². The molecule has 0 aliphatic carbocycles. The van der Waals surface area contributed by atoms with Gasteiger partial charge in [0.05, 0.1) is 17.9 Å². The monoisotopic (exact) mass is 245 g/mol. The largest absolute Gasteiger partial charge is 0.462 e. The maximum absolute atomic E-state index is 11.8. The molecule has 1 aromatic heterocycles. The van der Waals surface area contributed by atoms with Gasteiger partial charge in [-0.3, -0.25) is 0 Å². The smallest absolute Gasteiger partial charge is 0.340 e. The Morgan fingerprint density at radius 1 is 1.50 bits per heavy atom. The number of ether oxygens (including phenoxy) is 1. The molecule has 2 rings (SSSR count). The van der Waals surface area contributed by atoms with Crippen LogP contribution >= 0.6 is 0 Å². The highest BCUT2D eigenvalue weighted by atomic mass is 16.5. The molecule has 94 valence electrons. The van der Waals surface area contributed by atoms with Crippen molar-refractivity contribution in [2.24, 2.45) is 0 Å². The Balaban J connectivity index is 2.50. The molecule has 1 heterocycles. The summed E-state index contributed by atoms with van der Waals surface area (Å²) in [5.41, 5.74) is 8.34. The SMILES string of the molecule is CCOC(=O)c1cc(-n2cccn2)cc(C)c1N. The van der Waals surface area contributed by atoms with Gasteiger partial charge >= 0.3 is 5.97 Å². The van der Waals surface area contributed by atoms with Crippen LogP contribution < -0.4 is 5.73 Å². The minimum Gasteiger partial charge on any atom is -0.462 e. The molecule has 1 aromatic carbocycles. The van der Waals surface area contributed by atoms with E-state index < -0.39 is 5.97 Å². The zero-order valence-electron chi connectivity index (χ0n) is 10.4. The molecule has 0 aliphatic heterocycles. The quantitative estimate of drug-likeness (QED) is 0.662. The second kappa shape index (κ2) is 4.91. The zero-order valence-corrected chi connectivity index (χ0v) is 10.4. The van der Waals surface area contributed by atoms with Crippen molar-refractivity contribution in [3.8, 4) is 5.69 Å². The molecule has 0 spiro atoms. The van der Waals surface area contributed by atoms with Crippen molar-refractivity contribution in [1.82, 2.24) is 9.78 Å². The molecular formula is C13H15N3O2. The molecule has 18 heavy (non-hydrogen) atoms. The van der Waals surface area contributed by atoms with Gasteiger partial charge in [-0.15, -0.1) is 0 Å². The first-order chi connectivity index (χ1) is 8.63. The molecule has 2 N–H and O–H groups in total. The van der Waals surface area contributed by atoms with E-state index in [2.05, 4.69) is 5.10 Å². The number of rotatable bonds is 3. The summed E-state index contributed by atoms with van der Waals surface area (Å²) in [5, 5.41) is 4.13. The third-order valence-electron chi connectivity index (χ3n) is 2.64. The number of aryl methyl sites for hydroxylation is 1. The summed E-state index contributed by atoms with van der Waals surface area (Å²) in [5.74, 6) is -0.410. The second-order valence-corrected chi connectivity index (χ2v) is 3.90. The van der Waals surface area contributed by atoms with E-state index in [4.69, 9.17) is 10.5 Å². The lowest BCUT2D eigenvalue weighted by Gasteiger charge is -2.11. The average molecular weight is 245 g/mol. The number of nitrogens with zero attached hydrogens (tertiary/aromatic N) is 2. The predicted octanol–water partition coefficient (Wildman–Crippen LogP) is 1.94. The van der Waals surface area contributed by atoms with Crippen LogP contribution in [-0.4, -0.2) is 22.4 Å². The van der Waals surface area contributed by atoms with Crippen molar-refractivity contribution in [3.63, 3.8) is 0 Å². The Morgan fingerprint density at radius 2 is 2.28 bits per heavy atom.